The molecule has 0 radical (unpaired) electrons. The van der Waals surface area contributed by atoms with E-state index >= 15 is 0 Å². The van der Waals surface area contributed by atoms with Crippen LogP contribution in [-0.2, 0) is 29.4 Å². The molecule has 26 heavy (non-hydrogen) atoms. The summed E-state index contributed by atoms with van der Waals surface area (Å²) < 4.78 is 38.8. The average Bonchev–Trinajstić information content (AvgIpc) is 3.33. The summed E-state index contributed by atoms with van der Waals surface area (Å²) in [6, 6.07) is 7.07. The summed E-state index contributed by atoms with van der Waals surface area (Å²) in [5, 5.41) is 12.3. The monoisotopic (exact) mass is 374 g/mol. The molecular formula is C15H14N6O4S. The van der Waals surface area contributed by atoms with Crippen molar-refractivity contribution in [3.05, 3.63) is 48.2 Å². The quantitative estimate of drug-likeness (QED) is 0.533. The van der Waals surface area contributed by atoms with Crippen LogP contribution < -0.4 is 4.72 Å². The maximum Gasteiger partial charge on any atom is 0.242 e. The predicted molar refractivity (Wildman–Crippen MR) is 90.0 cm³/mol. The number of fused-ring (bicyclic) bond motifs is 1. The van der Waals surface area contributed by atoms with Gasteiger partial charge in [-0.15, -0.1) is 0 Å². The van der Waals surface area contributed by atoms with Crippen LogP contribution in [-0.4, -0.2) is 33.5 Å². The Morgan fingerprint density at radius 2 is 2.04 bits per heavy atom. The van der Waals surface area contributed by atoms with Crippen molar-refractivity contribution in [3.63, 3.8) is 0 Å². The summed E-state index contributed by atoms with van der Waals surface area (Å²) in [5.74, 6) is 0.181. The summed E-state index contributed by atoms with van der Waals surface area (Å²) >= 11 is 0. The lowest BCUT2D eigenvalue weighted by Gasteiger charge is -2.02. The molecule has 3 aromatic heterocycles. The van der Waals surface area contributed by atoms with Gasteiger partial charge in [0, 0.05) is 18.6 Å². The molecule has 0 saturated heterocycles. The number of nitrogens with zero attached hydrogens (tertiary/aromatic N) is 5. The fourth-order valence-corrected chi connectivity index (χ4v) is 3.44. The summed E-state index contributed by atoms with van der Waals surface area (Å²) in [6.07, 6.45) is 3.32. The van der Waals surface area contributed by atoms with E-state index in [2.05, 4.69) is 25.1 Å². The first-order valence-electron chi connectivity index (χ1n) is 7.62. The lowest BCUT2D eigenvalue weighted by Crippen LogP contribution is -2.25. The van der Waals surface area contributed by atoms with Crippen LogP contribution in [0.2, 0.25) is 0 Å². The molecular weight excluding hydrogens is 360 g/mol. The van der Waals surface area contributed by atoms with Crippen LogP contribution in [0.1, 0.15) is 11.6 Å². The second kappa shape index (κ2) is 6.35. The summed E-state index contributed by atoms with van der Waals surface area (Å²) in [5.41, 5.74) is 1.56. The highest BCUT2D eigenvalue weighted by Gasteiger charge is 2.19. The van der Waals surface area contributed by atoms with E-state index in [1.54, 1.807) is 48.4 Å². The third-order valence-corrected chi connectivity index (χ3v) is 4.89. The van der Waals surface area contributed by atoms with Gasteiger partial charge in [-0.1, -0.05) is 22.4 Å². The van der Waals surface area contributed by atoms with E-state index in [4.69, 9.17) is 9.05 Å². The average molecular weight is 374 g/mol. The molecule has 0 saturated carbocycles. The van der Waals surface area contributed by atoms with Gasteiger partial charge in [0.05, 0.1) is 18.3 Å². The van der Waals surface area contributed by atoms with E-state index in [0.29, 0.717) is 28.1 Å². The minimum Gasteiger partial charge on any atom is -0.356 e. The number of para-hydroxylation sites is 1. The fourth-order valence-electron chi connectivity index (χ4n) is 2.43. The van der Waals surface area contributed by atoms with Gasteiger partial charge in [0.25, 0.3) is 0 Å². The van der Waals surface area contributed by atoms with Crippen LogP contribution in [0.25, 0.3) is 22.4 Å². The highest BCUT2D eigenvalue weighted by atomic mass is 32.2. The van der Waals surface area contributed by atoms with Crippen molar-refractivity contribution in [3.8, 4) is 11.4 Å². The van der Waals surface area contributed by atoms with Gasteiger partial charge in [0.2, 0.25) is 21.7 Å². The van der Waals surface area contributed by atoms with Gasteiger partial charge in [0.15, 0.2) is 5.58 Å². The molecule has 0 amide bonds. The summed E-state index contributed by atoms with van der Waals surface area (Å²) in [7, 11) is -1.89. The Morgan fingerprint density at radius 3 is 2.85 bits per heavy atom. The topological polar surface area (TPSA) is 129 Å². The molecule has 1 aromatic carbocycles. The molecule has 4 rings (SSSR count). The van der Waals surface area contributed by atoms with E-state index in [-0.39, 0.29) is 18.2 Å². The van der Waals surface area contributed by atoms with Crippen LogP contribution in [0, 0.1) is 0 Å². The number of sulfonamides is 1. The van der Waals surface area contributed by atoms with Gasteiger partial charge in [-0.2, -0.15) is 10.1 Å². The Bertz CT molecular complexity index is 1160. The number of hydrogen-bond donors (Lipinski definition) is 1. The van der Waals surface area contributed by atoms with E-state index in [1.165, 1.54) is 0 Å². The van der Waals surface area contributed by atoms with E-state index in [9.17, 15) is 8.42 Å². The number of hydrogen-bond acceptors (Lipinski definition) is 8. The van der Waals surface area contributed by atoms with E-state index in [0.717, 1.165) is 0 Å². The van der Waals surface area contributed by atoms with Gasteiger partial charge in [-0.05, 0) is 12.1 Å². The smallest absolute Gasteiger partial charge is 0.242 e. The first-order valence-corrected chi connectivity index (χ1v) is 9.28. The van der Waals surface area contributed by atoms with Crippen molar-refractivity contribution in [1.82, 2.24) is 29.8 Å². The molecule has 0 bridgehead atoms. The molecule has 0 spiro atoms. The van der Waals surface area contributed by atoms with Gasteiger partial charge >= 0.3 is 0 Å². The molecule has 11 heteroatoms. The zero-order valence-electron chi connectivity index (χ0n) is 13.7. The zero-order valence-corrected chi connectivity index (χ0v) is 14.5. The highest BCUT2D eigenvalue weighted by molar-refractivity contribution is 7.88. The zero-order chi connectivity index (χ0) is 18.1. The molecule has 0 unspecified atom stereocenters. The summed E-state index contributed by atoms with van der Waals surface area (Å²) in [4.78, 5) is 4.15. The Balaban J connectivity index is 1.44. The third-order valence-electron chi connectivity index (χ3n) is 3.65. The van der Waals surface area contributed by atoms with Crippen LogP contribution >= 0.6 is 0 Å². The Morgan fingerprint density at radius 1 is 1.19 bits per heavy atom. The van der Waals surface area contributed by atoms with Crippen LogP contribution in [0.4, 0.5) is 0 Å². The molecule has 134 valence electrons. The maximum atomic E-state index is 12.3. The summed E-state index contributed by atoms with van der Waals surface area (Å²) in [6.45, 7) is -0.120. The molecule has 0 aliphatic rings. The third kappa shape index (κ3) is 3.34. The number of aryl methyl sites for hydroxylation is 1. The van der Waals surface area contributed by atoms with Crippen LogP contribution in [0.5, 0.6) is 0 Å². The van der Waals surface area contributed by atoms with Gasteiger partial charge in [-0.25, -0.2) is 13.1 Å². The van der Waals surface area contributed by atoms with Crippen molar-refractivity contribution in [2.75, 3.05) is 0 Å². The van der Waals surface area contributed by atoms with Crippen molar-refractivity contribution in [2.45, 2.75) is 12.3 Å². The molecule has 4 aromatic rings. The first-order chi connectivity index (χ1) is 12.5. The minimum absolute atomic E-state index is 0.120. The normalized spacial score (nSPS) is 12.0. The Kier molecular flexibility index (Phi) is 4.01. The van der Waals surface area contributed by atoms with Crippen molar-refractivity contribution in [2.24, 2.45) is 7.05 Å². The molecule has 10 nitrogen and oxygen atoms in total. The Hall–Kier alpha value is -3.05. The number of benzene rings is 1. The number of nitrogens with one attached hydrogen (secondary N) is 1. The number of rotatable bonds is 6. The molecule has 1 N–H and O–H groups in total. The predicted octanol–water partition coefficient (Wildman–Crippen LogP) is 1.23. The molecule has 3 heterocycles. The SMILES string of the molecule is Cn1cc(-c2noc(CNS(=O)(=O)Cc3noc4ccccc34)n2)cn1. The largest absolute Gasteiger partial charge is 0.356 e. The van der Waals surface area contributed by atoms with E-state index in [1.807, 2.05) is 0 Å². The molecule has 0 atom stereocenters. The molecule has 0 aliphatic carbocycles. The minimum atomic E-state index is -3.66. The van der Waals surface area contributed by atoms with Crippen molar-refractivity contribution < 1.29 is 17.5 Å². The van der Waals surface area contributed by atoms with Crippen molar-refractivity contribution in [1.29, 1.82) is 0 Å². The van der Waals surface area contributed by atoms with E-state index < -0.39 is 10.0 Å². The van der Waals surface area contributed by atoms with Gasteiger partial charge < -0.3 is 9.05 Å². The Labute approximate surface area is 147 Å². The van der Waals surface area contributed by atoms with Crippen LogP contribution in [0.15, 0.2) is 45.7 Å². The van der Waals surface area contributed by atoms with Crippen LogP contribution in [0.3, 0.4) is 0 Å². The second-order valence-electron chi connectivity index (χ2n) is 5.62. The first kappa shape index (κ1) is 16.4. The second-order valence-corrected chi connectivity index (χ2v) is 7.43. The molecule has 0 aliphatic heterocycles. The van der Waals surface area contributed by atoms with Gasteiger partial charge in [-0.3, -0.25) is 4.68 Å². The standard InChI is InChI=1S/C15H14N6O4S/c1-21-8-10(6-16-21)15-18-14(25-20-15)7-17-26(22,23)9-12-11-4-2-3-5-13(11)24-19-12/h2-6,8,17H,7,9H2,1H3. The lowest BCUT2D eigenvalue weighted by atomic mass is 10.2. The highest BCUT2D eigenvalue weighted by Crippen LogP contribution is 2.19. The molecule has 0 fully saturated rings. The van der Waals surface area contributed by atoms with Gasteiger partial charge in [0.1, 0.15) is 11.4 Å². The maximum absolute atomic E-state index is 12.3. The van der Waals surface area contributed by atoms with Crippen molar-refractivity contribution >= 4 is 21.0 Å². The number of aromatic nitrogens is 5. The fraction of sp³-hybridized carbons (Fsp3) is 0.200. The lowest BCUT2D eigenvalue weighted by molar-refractivity contribution is 0.376.